The summed E-state index contributed by atoms with van der Waals surface area (Å²) in [7, 11) is 4.88. The quantitative estimate of drug-likeness (QED) is 0.519. The van der Waals surface area contributed by atoms with Gasteiger partial charge in [0, 0.05) is 12.1 Å². The molecular weight excluding hydrogens is 418 g/mol. The highest BCUT2D eigenvalue weighted by atomic mass is 16.5. The molecule has 0 unspecified atom stereocenters. The van der Waals surface area contributed by atoms with Crippen LogP contribution >= 0.6 is 0 Å². The molecule has 1 heterocycles. The van der Waals surface area contributed by atoms with Gasteiger partial charge in [0.05, 0.1) is 27.4 Å². The van der Waals surface area contributed by atoms with E-state index >= 15 is 0 Å². The van der Waals surface area contributed by atoms with Crippen LogP contribution in [0.4, 0.5) is 0 Å². The zero-order chi connectivity index (χ0) is 23.4. The number of methoxy groups -OCH3 is 3. The number of nitrogens with zero attached hydrogens (tertiary/aromatic N) is 1. The van der Waals surface area contributed by atoms with Crippen molar-refractivity contribution in [2.45, 2.75) is 19.4 Å². The van der Waals surface area contributed by atoms with Crippen molar-refractivity contribution >= 4 is 5.91 Å². The van der Waals surface area contributed by atoms with Crippen LogP contribution in [-0.4, -0.2) is 45.3 Å². The predicted molar refractivity (Wildman–Crippen MR) is 127 cm³/mol. The Bertz CT molecular complexity index is 1110. The molecule has 0 bridgehead atoms. The van der Waals surface area contributed by atoms with Crippen molar-refractivity contribution in [3.63, 3.8) is 0 Å². The van der Waals surface area contributed by atoms with Crippen LogP contribution in [0.15, 0.2) is 60.7 Å². The summed E-state index contributed by atoms with van der Waals surface area (Å²) in [5.74, 6) is 2.78. The molecule has 0 radical (unpaired) electrons. The topological polar surface area (TPSA) is 57.2 Å². The minimum Gasteiger partial charge on any atom is -0.497 e. The Morgan fingerprint density at radius 2 is 1.52 bits per heavy atom. The van der Waals surface area contributed by atoms with Gasteiger partial charge in [-0.25, -0.2) is 0 Å². The van der Waals surface area contributed by atoms with Crippen molar-refractivity contribution in [1.82, 2.24) is 4.90 Å². The van der Waals surface area contributed by atoms with E-state index in [-0.39, 0.29) is 11.9 Å². The Labute approximate surface area is 194 Å². The summed E-state index contributed by atoms with van der Waals surface area (Å²) in [6.45, 7) is 2.91. The minimum absolute atomic E-state index is 0.0150. The first-order chi connectivity index (χ1) is 16.0. The van der Waals surface area contributed by atoms with E-state index < -0.39 is 0 Å². The molecule has 0 aliphatic carbocycles. The molecule has 3 aromatic carbocycles. The highest BCUT2D eigenvalue weighted by Crippen LogP contribution is 2.39. The third-order valence-corrected chi connectivity index (χ3v) is 6.03. The molecule has 3 aromatic rings. The number of aryl methyl sites for hydroxylation is 1. The largest absolute Gasteiger partial charge is 0.497 e. The second-order valence-electron chi connectivity index (χ2n) is 8.02. The molecule has 0 saturated heterocycles. The lowest BCUT2D eigenvalue weighted by Crippen LogP contribution is -2.42. The van der Waals surface area contributed by atoms with E-state index in [2.05, 4.69) is 0 Å². The zero-order valence-corrected chi connectivity index (χ0v) is 19.5. The van der Waals surface area contributed by atoms with E-state index in [0.29, 0.717) is 36.0 Å². The van der Waals surface area contributed by atoms with Gasteiger partial charge in [0.25, 0.3) is 5.91 Å². The van der Waals surface area contributed by atoms with Gasteiger partial charge in [-0.15, -0.1) is 0 Å². The van der Waals surface area contributed by atoms with Crippen molar-refractivity contribution in [3.05, 3.63) is 82.9 Å². The van der Waals surface area contributed by atoms with Crippen molar-refractivity contribution in [2.75, 3.05) is 34.5 Å². The average Bonchev–Trinajstić information content (AvgIpc) is 2.86. The third kappa shape index (κ3) is 4.75. The second kappa shape index (κ2) is 9.86. The summed E-state index contributed by atoms with van der Waals surface area (Å²) in [4.78, 5) is 15.4. The van der Waals surface area contributed by atoms with Gasteiger partial charge in [-0.3, -0.25) is 4.79 Å². The van der Waals surface area contributed by atoms with Crippen molar-refractivity contribution < 1.29 is 23.7 Å². The average molecular weight is 448 g/mol. The highest BCUT2D eigenvalue weighted by Gasteiger charge is 2.33. The number of hydrogen-bond donors (Lipinski definition) is 0. The smallest absolute Gasteiger partial charge is 0.254 e. The van der Waals surface area contributed by atoms with E-state index in [4.69, 9.17) is 18.9 Å². The van der Waals surface area contributed by atoms with Crippen molar-refractivity contribution in [3.8, 4) is 23.0 Å². The number of benzene rings is 3. The monoisotopic (exact) mass is 447 g/mol. The van der Waals surface area contributed by atoms with Crippen LogP contribution in [0.2, 0.25) is 0 Å². The molecule has 4 rings (SSSR count). The second-order valence-corrected chi connectivity index (χ2v) is 8.02. The van der Waals surface area contributed by atoms with Crippen LogP contribution in [-0.2, 0) is 6.42 Å². The maximum Gasteiger partial charge on any atom is 0.254 e. The summed E-state index contributed by atoms with van der Waals surface area (Å²) < 4.78 is 22.4. The van der Waals surface area contributed by atoms with Crippen molar-refractivity contribution in [2.24, 2.45) is 0 Å². The maximum absolute atomic E-state index is 13.5. The summed E-state index contributed by atoms with van der Waals surface area (Å²) in [6, 6.07) is 18.8. The Morgan fingerprint density at radius 3 is 2.15 bits per heavy atom. The van der Waals surface area contributed by atoms with E-state index in [0.717, 1.165) is 28.9 Å². The minimum atomic E-state index is -0.274. The fraction of sp³-hybridized carbons (Fsp3) is 0.296. The first-order valence-electron chi connectivity index (χ1n) is 10.9. The Kier molecular flexibility index (Phi) is 6.73. The number of carbonyl (C=O) groups is 1. The summed E-state index contributed by atoms with van der Waals surface area (Å²) in [5, 5.41) is 0. The zero-order valence-electron chi connectivity index (χ0n) is 19.5. The number of hydrogen-bond acceptors (Lipinski definition) is 5. The fourth-order valence-corrected chi connectivity index (χ4v) is 4.16. The molecule has 1 aliphatic heterocycles. The van der Waals surface area contributed by atoms with Crippen LogP contribution in [0.5, 0.6) is 23.0 Å². The summed E-state index contributed by atoms with van der Waals surface area (Å²) in [6.07, 6.45) is 0.728. The SMILES string of the molecule is COc1ccc(OC[C@@H]2c3cc(OC)c(OC)cc3CCN2C(=O)c2ccc(C)cc2)cc1. The van der Waals surface area contributed by atoms with Gasteiger partial charge in [0.2, 0.25) is 0 Å². The number of carbonyl (C=O) groups excluding carboxylic acids is 1. The molecule has 0 spiro atoms. The first-order valence-corrected chi connectivity index (χ1v) is 10.9. The molecule has 1 amide bonds. The van der Waals surface area contributed by atoms with E-state index in [1.165, 1.54) is 0 Å². The van der Waals surface area contributed by atoms with Gasteiger partial charge in [-0.2, -0.15) is 0 Å². The molecule has 1 aliphatic rings. The fourth-order valence-electron chi connectivity index (χ4n) is 4.16. The normalized spacial score (nSPS) is 14.9. The Balaban J connectivity index is 1.68. The van der Waals surface area contributed by atoms with Crippen LogP contribution in [0.3, 0.4) is 0 Å². The molecule has 0 saturated carbocycles. The molecule has 0 N–H and O–H groups in total. The van der Waals surface area contributed by atoms with Gasteiger partial charge in [0.15, 0.2) is 11.5 Å². The lowest BCUT2D eigenvalue weighted by atomic mass is 9.91. The van der Waals surface area contributed by atoms with Gasteiger partial charge < -0.3 is 23.8 Å². The number of ether oxygens (including phenoxy) is 4. The van der Waals surface area contributed by atoms with Gasteiger partial charge >= 0.3 is 0 Å². The number of fused-ring (bicyclic) bond motifs is 1. The molecule has 0 fully saturated rings. The lowest BCUT2D eigenvalue weighted by Gasteiger charge is -2.37. The first kappa shape index (κ1) is 22.5. The molecule has 0 aromatic heterocycles. The van der Waals surface area contributed by atoms with Gasteiger partial charge in [0.1, 0.15) is 18.1 Å². The highest BCUT2D eigenvalue weighted by molar-refractivity contribution is 5.94. The van der Waals surface area contributed by atoms with E-state index in [1.807, 2.05) is 72.5 Å². The number of amides is 1. The molecular formula is C27H29NO5. The summed E-state index contributed by atoms with van der Waals surface area (Å²) >= 11 is 0. The maximum atomic E-state index is 13.5. The standard InChI is InChI=1S/C27H29NO5/c1-18-5-7-19(8-6-18)27(29)28-14-13-20-15-25(31-3)26(32-4)16-23(20)24(28)17-33-22-11-9-21(30-2)10-12-22/h5-12,15-16,24H,13-14,17H2,1-4H3/t24-/m1/s1. The van der Waals surface area contributed by atoms with Gasteiger partial charge in [-0.1, -0.05) is 17.7 Å². The third-order valence-electron chi connectivity index (χ3n) is 6.03. The molecule has 6 nitrogen and oxygen atoms in total. The lowest BCUT2D eigenvalue weighted by molar-refractivity contribution is 0.0589. The van der Waals surface area contributed by atoms with Gasteiger partial charge in [-0.05, 0) is 73.0 Å². The van der Waals surface area contributed by atoms with Crippen LogP contribution < -0.4 is 18.9 Å². The van der Waals surface area contributed by atoms with Crippen LogP contribution in [0.25, 0.3) is 0 Å². The Hall–Kier alpha value is -3.67. The predicted octanol–water partition coefficient (Wildman–Crippen LogP) is 4.84. The van der Waals surface area contributed by atoms with E-state index in [1.54, 1.807) is 21.3 Å². The number of rotatable bonds is 7. The molecule has 172 valence electrons. The Morgan fingerprint density at radius 1 is 0.879 bits per heavy atom. The van der Waals surface area contributed by atoms with Crippen LogP contribution in [0.1, 0.15) is 33.1 Å². The van der Waals surface area contributed by atoms with Crippen molar-refractivity contribution in [1.29, 1.82) is 0 Å². The molecule has 6 heteroatoms. The molecule has 33 heavy (non-hydrogen) atoms. The molecule has 1 atom stereocenters. The van der Waals surface area contributed by atoms with Crippen LogP contribution in [0, 0.1) is 6.92 Å². The summed E-state index contributed by atoms with van der Waals surface area (Å²) in [5.41, 5.74) is 3.92. The van der Waals surface area contributed by atoms with E-state index in [9.17, 15) is 4.79 Å².